The molecule has 1 atom stereocenters. The van der Waals surface area contributed by atoms with Crippen LogP contribution in [-0.4, -0.2) is 39.6 Å². The monoisotopic (exact) mass is 481 g/mol. The number of primary amides is 1. The Morgan fingerprint density at radius 1 is 1.13 bits per heavy atom. The van der Waals surface area contributed by atoms with Crippen LogP contribution in [-0.2, 0) is 11.3 Å². The molecule has 0 aliphatic carbocycles. The zero-order valence-corrected chi connectivity index (χ0v) is 18.6. The fraction of sp³-hybridized carbons (Fsp3) is 0.261. The molecule has 0 bridgehead atoms. The molecule has 31 heavy (non-hydrogen) atoms. The normalized spacial score (nSPS) is 16.7. The third-order valence-electron chi connectivity index (χ3n) is 5.46. The molecule has 1 saturated heterocycles. The number of likely N-dealkylation sites (tertiary alicyclic amines) is 1. The standard InChI is InChI=1S/C23H24BrN5O2/c24-19-5-9-21(10-6-19)29-15-18(12-26-29)23(31)27-20-7-3-16(4-8-20)13-28-11-1-2-17(14-28)22(25)30/h3-10,12,15,17H,1-2,11,13-14H2,(H2,25,30)(H,27,31). The number of anilines is 1. The van der Waals surface area contributed by atoms with E-state index in [0.717, 1.165) is 47.3 Å². The van der Waals surface area contributed by atoms with Crippen LogP contribution in [0.4, 0.5) is 5.69 Å². The van der Waals surface area contributed by atoms with Crippen molar-refractivity contribution in [2.75, 3.05) is 18.4 Å². The number of hydrogen-bond donors (Lipinski definition) is 2. The molecule has 3 aromatic rings. The van der Waals surface area contributed by atoms with Crippen molar-refractivity contribution in [3.05, 3.63) is 76.5 Å². The maximum Gasteiger partial charge on any atom is 0.258 e. The van der Waals surface area contributed by atoms with Crippen LogP contribution in [0.5, 0.6) is 0 Å². The number of hydrogen-bond acceptors (Lipinski definition) is 4. The van der Waals surface area contributed by atoms with Crippen LogP contribution in [0.25, 0.3) is 5.69 Å². The molecule has 1 aliphatic heterocycles. The first-order chi connectivity index (χ1) is 15.0. The molecule has 4 rings (SSSR count). The molecule has 160 valence electrons. The molecule has 1 aromatic heterocycles. The summed E-state index contributed by atoms with van der Waals surface area (Å²) < 4.78 is 2.65. The maximum absolute atomic E-state index is 12.6. The summed E-state index contributed by atoms with van der Waals surface area (Å²) in [5, 5.41) is 7.19. The Balaban J connectivity index is 1.35. The molecule has 1 aliphatic rings. The van der Waals surface area contributed by atoms with Gasteiger partial charge >= 0.3 is 0 Å². The minimum atomic E-state index is -0.216. The highest BCUT2D eigenvalue weighted by Gasteiger charge is 2.23. The zero-order valence-electron chi connectivity index (χ0n) is 17.0. The van der Waals surface area contributed by atoms with Gasteiger partial charge in [-0.15, -0.1) is 0 Å². The van der Waals surface area contributed by atoms with Crippen molar-refractivity contribution in [2.45, 2.75) is 19.4 Å². The minimum Gasteiger partial charge on any atom is -0.369 e. The number of nitrogens with one attached hydrogen (secondary N) is 1. The highest BCUT2D eigenvalue weighted by molar-refractivity contribution is 9.10. The third-order valence-corrected chi connectivity index (χ3v) is 5.99. The molecule has 7 nitrogen and oxygen atoms in total. The summed E-state index contributed by atoms with van der Waals surface area (Å²) in [5.41, 5.74) is 8.68. The molecule has 1 fully saturated rings. The summed E-state index contributed by atoms with van der Waals surface area (Å²) in [6, 6.07) is 15.5. The van der Waals surface area contributed by atoms with Gasteiger partial charge in [0.05, 0.1) is 23.4 Å². The lowest BCUT2D eigenvalue weighted by Gasteiger charge is -2.31. The van der Waals surface area contributed by atoms with E-state index in [2.05, 4.69) is 31.2 Å². The van der Waals surface area contributed by atoms with Gasteiger partial charge in [-0.1, -0.05) is 28.1 Å². The summed E-state index contributed by atoms with van der Waals surface area (Å²) in [6.07, 6.45) is 5.11. The lowest BCUT2D eigenvalue weighted by atomic mass is 9.97. The Bertz CT molecular complexity index is 1060. The van der Waals surface area contributed by atoms with E-state index in [1.807, 2.05) is 48.5 Å². The number of carbonyl (C=O) groups is 2. The summed E-state index contributed by atoms with van der Waals surface area (Å²) in [4.78, 5) is 26.3. The van der Waals surface area contributed by atoms with Gasteiger partial charge in [-0.3, -0.25) is 14.5 Å². The van der Waals surface area contributed by atoms with Gasteiger partial charge in [-0.25, -0.2) is 4.68 Å². The molecule has 8 heteroatoms. The molecule has 0 radical (unpaired) electrons. The Labute approximate surface area is 189 Å². The summed E-state index contributed by atoms with van der Waals surface area (Å²) in [5.74, 6) is -0.492. The summed E-state index contributed by atoms with van der Waals surface area (Å²) in [6.45, 7) is 2.43. The van der Waals surface area contributed by atoms with E-state index in [4.69, 9.17) is 5.73 Å². The number of nitrogens with zero attached hydrogens (tertiary/aromatic N) is 3. The van der Waals surface area contributed by atoms with E-state index >= 15 is 0 Å². The number of piperidine rings is 1. The Morgan fingerprint density at radius 2 is 1.87 bits per heavy atom. The zero-order chi connectivity index (χ0) is 21.8. The Morgan fingerprint density at radius 3 is 2.58 bits per heavy atom. The van der Waals surface area contributed by atoms with Gasteiger partial charge in [0.25, 0.3) is 5.91 Å². The smallest absolute Gasteiger partial charge is 0.258 e. The second-order valence-electron chi connectivity index (χ2n) is 7.78. The van der Waals surface area contributed by atoms with E-state index in [9.17, 15) is 9.59 Å². The first-order valence-electron chi connectivity index (χ1n) is 10.2. The van der Waals surface area contributed by atoms with Gasteiger partial charge in [0, 0.05) is 29.4 Å². The third kappa shape index (κ3) is 5.39. The minimum absolute atomic E-state index is 0.0642. The van der Waals surface area contributed by atoms with E-state index < -0.39 is 0 Å². The average Bonchev–Trinajstić information content (AvgIpc) is 3.26. The molecule has 0 spiro atoms. The number of amides is 2. The molecule has 2 heterocycles. The highest BCUT2D eigenvalue weighted by Crippen LogP contribution is 2.20. The first-order valence-corrected chi connectivity index (χ1v) is 11.0. The lowest BCUT2D eigenvalue weighted by molar-refractivity contribution is -0.123. The maximum atomic E-state index is 12.6. The second kappa shape index (κ2) is 9.45. The van der Waals surface area contributed by atoms with Gasteiger partial charge in [-0.05, 0) is 61.3 Å². The van der Waals surface area contributed by atoms with Crippen molar-refractivity contribution in [3.8, 4) is 5.69 Å². The SMILES string of the molecule is NC(=O)C1CCCN(Cc2ccc(NC(=O)c3cnn(-c4ccc(Br)cc4)c3)cc2)C1. The van der Waals surface area contributed by atoms with Gasteiger partial charge in [0.1, 0.15) is 0 Å². The number of halogens is 1. The van der Waals surface area contributed by atoms with Crippen LogP contribution < -0.4 is 11.1 Å². The van der Waals surface area contributed by atoms with Gasteiger partial charge in [-0.2, -0.15) is 5.10 Å². The number of nitrogens with two attached hydrogens (primary N) is 1. The predicted molar refractivity (Wildman–Crippen MR) is 123 cm³/mol. The van der Waals surface area contributed by atoms with Crippen LogP contribution >= 0.6 is 15.9 Å². The molecule has 0 saturated carbocycles. The Hall–Kier alpha value is -2.97. The van der Waals surface area contributed by atoms with Crippen molar-refractivity contribution >= 4 is 33.4 Å². The first kappa shape index (κ1) is 21.3. The molecular formula is C23H24BrN5O2. The summed E-state index contributed by atoms with van der Waals surface area (Å²) >= 11 is 3.41. The van der Waals surface area contributed by atoms with Crippen LogP contribution in [0.1, 0.15) is 28.8 Å². The van der Waals surface area contributed by atoms with Crippen LogP contribution in [0, 0.1) is 5.92 Å². The molecule has 2 aromatic carbocycles. The lowest BCUT2D eigenvalue weighted by Crippen LogP contribution is -2.40. The van der Waals surface area contributed by atoms with Crippen molar-refractivity contribution < 1.29 is 9.59 Å². The van der Waals surface area contributed by atoms with Crippen LogP contribution in [0.2, 0.25) is 0 Å². The van der Waals surface area contributed by atoms with E-state index in [1.54, 1.807) is 17.1 Å². The average molecular weight is 482 g/mol. The van der Waals surface area contributed by atoms with Crippen molar-refractivity contribution in [1.29, 1.82) is 0 Å². The highest BCUT2D eigenvalue weighted by atomic mass is 79.9. The van der Waals surface area contributed by atoms with Crippen LogP contribution in [0.15, 0.2) is 65.4 Å². The number of rotatable bonds is 6. The molecule has 3 N–H and O–H groups in total. The number of carbonyl (C=O) groups excluding carboxylic acids is 2. The number of aromatic nitrogens is 2. The molecule has 1 unspecified atom stereocenters. The molecular weight excluding hydrogens is 458 g/mol. The number of benzene rings is 2. The van der Waals surface area contributed by atoms with Gasteiger partial charge < -0.3 is 11.1 Å². The quantitative estimate of drug-likeness (QED) is 0.562. The Kier molecular flexibility index (Phi) is 6.48. The van der Waals surface area contributed by atoms with Crippen LogP contribution in [0.3, 0.4) is 0 Å². The summed E-state index contributed by atoms with van der Waals surface area (Å²) in [7, 11) is 0. The van der Waals surface area contributed by atoms with E-state index in [1.165, 1.54) is 0 Å². The molecule has 2 amide bonds. The van der Waals surface area contributed by atoms with Gasteiger partial charge in [0.2, 0.25) is 5.91 Å². The largest absolute Gasteiger partial charge is 0.369 e. The second-order valence-corrected chi connectivity index (χ2v) is 8.69. The topological polar surface area (TPSA) is 93.2 Å². The fourth-order valence-electron chi connectivity index (χ4n) is 3.76. The van der Waals surface area contributed by atoms with Crippen molar-refractivity contribution in [1.82, 2.24) is 14.7 Å². The van der Waals surface area contributed by atoms with Crippen molar-refractivity contribution in [3.63, 3.8) is 0 Å². The predicted octanol–water partition coefficient (Wildman–Crippen LogP) is 3.58. The van der Waals surface area contributed by atoms with Crippen molar-refractivity contribution in [2.24, 2.45) is 11.7 Å². The van der Waals surface area contributed by atoms with Gasteiger partial charge in [0.15, 0.2) is 0 Å². The fourth-order valence-corrected chi connectivity index (χ4v) is 4.03. The van der Waals surface area contributed by atoms with E-state index in [-0.39, 0.29) is 17.7 Å². The van der Waals surface area contributed by atoms with E-state index in [0.29, 0.717) is 12.1 Å².